The number of nitrogen functional groups attached to an aromatic ring is 1. The van der Waals surface area contributed by atoms with E-state index in [2.05, 4.69) is 12.2 Å². The van der Waals surface area contributed by atoms with Crippen molar-refractivity contribution >= 4 is 41.7 Å². The Morgan fingerprint density at radius 2 is 1.89 bits per heavy atom. The summed E-state index contributed by atoms with van der Waals surface area (Å²) in [6.07, 6.45) is 0. The van der Waals surface area contributed by atoms with Gasteiger partial charge in [0.2, 0.25) is 0 Å². The van der Waals surface area contributed by atoms with Gasteiger partial charge in [0.15, 0.2) is 6.04 Å². The normalized spacial score (nSPS) is 11.1. The molecular formula is C20H26ClN3O3S. The van der Waals surface area contributed by atoms with Crippen LogP contribution in [0.4, 0.5) is 5.69 Å². The van der Waals surface area contributed by atoms with E-state index in [9.17, 15) is 4.79 Å². The van der Waals surface area contributed by atoms with Gasteiger partial charge in [-0.05, 0) is 54.6 Å². The lowest BCUT2D eigenvalue weighted by molar-refractivity contribution is -0.144. The monoisotopic (exact) mass is 423 g/mol. The fraction of sp³-hybridized carbons (Fsp3) is 0.300. The maximum absolute atomic E-state index is 12.6. The largest absolute Gasteiger partial charge is 0.496 e. The molecule has 0 aromatic heterocycles. The number of carbonyl (C=O) groups is 1. The molecular weight excluding hydrogens is 398 g/mol. The second-order valence-electron chi connectivity index (χ2n) is 5.66. The summed E-state index contributed by atoms with van der Waals surface area (Å²) in [7, 11) is 1.63. The number of rotatable bonds is 9. The van der Waals surface area contributed by atoms with Crippen LogP contribution < -0.4 is 15.8 Å². The molecule has 0 spiro atoms. The molecule has 2 rings (SSSR count). The van der Waals surface area contributed by atoms with Crippen LogP contribution in [0, 0.1) is 5.41 Å². The molecule has 0 saturated heterocycles. The van der Waals surface area contributed by atoms with E-state index in [1.807, 2.05) is 18.2 Å². The summed E-state index contributed by atoms with van der Waals surface area (Å²) in [5.74, 6) is 1.31. The fourth-order valence-electron chi connectivity index (χ4n) is 2.56. The number of hydrogen-bond acceptors (Lipinski definition) is 6. The number of ether oxygens (including phenoxy) is 2. The summed E-state index contributed by atoms with van der Waals surface area (Å²) in [4.78, 5) is 13.5. The van der Waals surface area contributed by atoms with Crippen LogP contribution in [0.25, 0.3) is 0 Å². The van der Waals surface area contributed by atoms with E-state index in [0.29, 0.717) is 12.2 Å². The summed E-state index contributed by atoms with van der Waals surface area (Å²) in [5.41, 5.74) is 7.64. The van der Waals surface area contributed by atoms with Crippen molar-refractivity contribution in [3.63, 3.8) is 0 Å². The molecule has 0 bridgehead atoms. The number of benzene rings is 2. The van der Waals surface area contributed by atoms with Crippen LogP contribution in [0.3, 0.4) is 0 Å². The zero-order valence-electron chi connectivity index (χ0n) is 16.2. The first-order valence-electron chi connectivity index (χ1n) is 8.68. The summed E-state index contributed by atoms with van der Waals surface area (Å²) in [6, 6.07) is 12.1. The predicted molar refractivity (Wildman–Crippen MR) is 117 cm³/mol. The third kappa shape index (κ3) is 6.07. The van der Waals surface area contributed by atoms with Crippen LogP contribution in [-0.2, 0) is 9.53 Å². The van der Waals surface area contributed by atoms with Gasteiger partial charge in [0.1, 0.15) is 11.6 Å². The molecule has 0 aliphatic heterocycles. The Bertz CT molecular complexity index is 800. The van der Waals surface area contributed by atoms with Crippen LogP contribution in [0.1, 0.15) is 31.0 Å². The van der Waals surface area contributed by atoms with Gasteiger partial charge in [-0.15, -0.1) is 24.2 Å². The first-order valence-corrected chi connectivity index (χ1v) is 9.67. The zero-order valence-corrected chi connectivity index (χ0v) is 17.8. The van der Waals surface area contributed by atoms with E-state index in [1.54, 1.807) is 50.1 Å². The zero-order chi connectivity index (χ0) is 19.8. The van der Waals surface area contributed by atoms with Gasteiger partial charge in [0, 0.05) is 16.1 Å². The first kappa shape index (κ1) is 23.7. The molecule has 0 saturated carbocycles. The lowest BCUT2D eigenvalue weighted by Crippen LogP contribution is -2.23. The molecule has 0 aliphatic carbocycles. The maximum Gasteiger partial charge on any atom is 0.333 e. The van der Waals surface area contributed by atoms with Crippen LogP contribution in [-0.4, -0.2) is 31.3 Å². The van der Waals surface area contributed by atoms with Gasteiger partial charge in [0.25, 0.3) is 0 Å². The van der Waals surface area contributed by atoms with E-state index in [4.69, 9.17) is 20.6 Å². The number of nitrogens with one attached hydrogen (secondary N) is 2. The number of anilines is 1. The van der Waals surface area contributed by atoms with Gasteiger partial charge in [-0.25, -0.2) is 4.79 Å². The Hall–Kier alpha value is -2.38. The molecule has 6 nitrogen and oxygen atoms in total. The molecule has 8 heteroatoms. The molecule has 0 fully saturated rings. The second kappa shape index (κ2) is 11.5. The molecule has 0 radical (unpaired) electrons. The van der Waals surface area contributed by atoms with Crippen molar-refractivity contribution in [2.45, 2.75) is 24.8 Å². The smallest absolute Gasteiger partial charge is 0.333 e. The van der Waals surface area contributed by atoms with Gasteiger partial charge in [-0.2, -0.15) is 0 Å². The van der Waals surface area contributed by atoms with Crippen LogP contribution >= 0.6 is 24.2 Å². The van der Waals surface area contributed by atoms with Crippen molar-refractivity contribution in [3.8, 4) is 5.75 Å². The Balaban J connectivity index is 0.00000392. The van der Waals surface area contributed by atoms with Crippen molar-refractivity contribution in [3.05, 3.63) is 53.6 Å². The van der Waals surface area contributed by atoms with Gasteiger partial charge in [0.05, 0.1) is 13.7 Å². The van der Waals surface area contributed by atoms with Gasteiger partial charge in [-0.3, -0.25) is 5.41 Å². The molecule has 152 valence electrons. The number of thioether (sulfide) groups is 1. The highest BCUT2D eigenvalue weighted by molar-refractivity contribution is 7.99. The average Bonchev–Trinajstić information content (AvgIpc) is 2.67. The maximum atomic E-state index is 12.6. The van der Waals surface area contributed by atoms with E-state index >= 15 is 0 Å². The van der Waals surface area contributed by atoms with E-state index in [-0.39, 0.29) is 24.2 Å². The quantitative estimate of drug-likeness (QED) is 0.241. The molecule has 28 heavy (non-hydrogen) atoms. The number of carbonyl (C=O) groups excluding carboxylic acids is 1. The number of halogens is 1. The number of nitrogens with two attached hydrogens (primary N) is 1. The van der Waals surface area contributed by atoms with Gasteiger partial charge < -0.3 is 20.5 Å². The first-order chi connectivity index (χ1) is 13.0. The summed E-state index contributed by atoms with van der Waals surface area (Å²) < 4.78 is 10.7. The molecule has 0 aliphatic rings. The Kier molecular flexibility index (Phi) is 9.68. The third-order valence-electron chi connectivity index (χ3n) is 3.85. The highest BCUT2D eigenvalue weighted by Gasteiger charge is 2.23. The summed E-state index contributed by atoms with van der Waals surface area (Å²) in [5, 5.41) is 10.7. The Morgan fingerprint density at radius 3 is 2.43 bits per heavy atom. The highest BCUT2D eigenvalue weighted by atomic mass is 35.5. The van der Waals surface area contributed by atoms with Crippen molar-refractivity contribution < 1.29 is 14.3 Å². The number of amidine groups is 1. The average molecular weight is 424 g/mol. The summed E-state index contributed by atoms with van der Waals surface area (Å²) in [6.45, 7) is 4.14. The molecule has 4 N–H and O–H groups in total. The van der Waals surface area contributed by atoms with Crippen molar-refractivity contribution in [2.24, 2.45) is 5.73 Å². The third-order valence-corrected chi connectivity index (χ3v) is 4.77. The summed E-state index contributed by atoms with van der Waals surface area (Å²) >= 11 is 1.65. The van der Waals surface area contributed by atoms with Crippen molar-refractivity contribution in [1.82, 2.24) is 0 Å². The molecule has 1 atom stereocenters. The van der Waals surface area contributed by atoms with Gasteiger partial charge >= 0.3 is 5.97 Å². The Labute approximate surface area is 176 Å². The minimum Gasteiger partial charge on any atom is -0.496 e. The Morgan fingerprint density at radius 1 is 1.21 bits per heavy atom. The highest BCUT2D eigenvalue weighted by Crippen LogP contribution is 2.33. The van der Waals surface area contributed by atoms with Crippen molar-refractivity contribution in [2.75, 3.05) is 24.8 Å². The van der Waals surface area contributed by atoms with Crippen LogP contribution in [0.15, 0.2) is 47.4 Å². The molecule has 1 unspecified atom stereocenters. The predicted octanol–water partition coefficient (Wildman–Crippen LogP) is 4.23. The minimum atomic E-state index is -0.657. The fourth-order valence-corrected chi connectivity index (χ4v) is 3.38. The van der Waals surface area contributed by atoms with Crippen LogP contribution in [0.2, 0.25) is 0 Å². The second-order valence-corrected chi connectivity index (χ2v) is 6.97. The van der Waals surface area contributed by atoms with E-state index < -0.39 is 6.04 Å². The topological polar surface area (TPSA) is 97.4 Å². The molecule has 2 aromatic carbocycles. The lowest BCUT2D eigenvalue weighted by Gasteiger charge is -2.20. The SMILES string of the molecule is CCOC(=O)C(Nc1ccc(C(=N)N)cc1)c1ccc(OC)c(SCC)c1.Cl. The standard InChI is InChI=1S/C20H25N3O3S.ClH/c1-4-26-20(24)18(23-15-9-6-13(7-10-15)19(21)22)14-8-11-16(25-3)17(12-14)27-5-2;/h6-12,18,23H,4-5H2,1-3H3,(H3,21,22);1H. The van der Waals surface area contributed by atoms with Crippen molar-refractivity contribution in [1.29, 1.82) is 5.41 Å². The van der Waals surface area contributed by atoms with E-state index in [0.717, 1.165) is 27.6 Å². The molecule has 0 heterocycles. The minimum absolute atomic E-state index is 0. The molecule has 2 aromatic rings. The number of methoxy groups -OCH3 is 1. The van der Waals surface area contributed by atoms with Crippen LogP contribution in [0.5, 0.6) is 5.75 Å². The van der Waals surface area contributed by atoms with E-state index in [1.165, 1.54) is 0 Å². The van der Waals surface area contributed by atoms with Gasteiger partial charge in [-0.1, -0.05) is 13.0 Å². The lowest BCUT2D eigenvalue weighted by atomic mass is 10.1. The number of esters is 1. The number of hydrogen-bond donors (Lipinski definition) is 3. The molecule has 0 amide bonds.